The first kappa shape index (κ1) is 12.7. The molecule has 1 heterocycles. The zero-order valence-electron chi connectivity index (χ0n) is 8.61. The van der Waals surface area contributed by atoms with Gasteiger partial charge in [-0.05, 0) is 13.8 Å². The highest BCUT2D eigenvalue weighted by Gasteiger charge is 2.28. The van der Waals surface area contributed by atoms with Crippen molar-refractivity contribution in [1.82, 2.24) is 9.21 Å². The van der Waals surface area contributed by atoms with Gasteiger partial charge in [0.1, 0.15) is 0 Å². The number of rotatable bonds is 3. The van der Waals surface area contributed by atoms with Gasteiger partial charge in [-0.25, -0.2) is 8.42 Å². The Kier molecular flexibility index (Phi) is 4.60. The summed E-state index contributed by atoms with van der Waals surface area (Å²) < 4.78 is 26.2. The van der Waals surface area contributed by atoms with Crippen molar-refractivity contribution in [2.75, 3.05) is 30.7 Å². The van der Waals surface area contributed by atoms with Gasteiger partial charge in [-0.15, -0.1) is 0 Å². The minimum Gasteiger partial charge on any atom is -0.292 e. The van der Waals surface area contributed by atoms with E-state index in [9.17, 15) is 8.42 Å². The highest BCUT2D eigenvalue weighted by atomic mass is 127. The summed E-state index contributed by atoms with van der Waals surface area (Å²) in [5.41, 5.74) is 0. The summed E-state index contributed by atoms with van der Waals surface area (Å²) in [4.78, 5) is 2.26. The molecule has 0 spiro atoms. The second-order valence-electron chi connectivity index (χ2n) is 3.73. The number of hydrogen-bond acceptors (Lipinski definition) is 3. The third-order valence-corrected chi connectivity index (χ3v) is 5.70. The van der Waals surface area contributed by atoms with Crippen molar-refractivity contribution < 1.29 is 8.42 Å². The second kappa shape index (κ2) is 5.09. The molecule has 1 fully saturated rings. The number of sulfonamides is 1. The molecule has 6 heteroatoms. The van der Waals surface area contributed by atoms with E-state index in [1.807, 2.05) is 0 Å². The molecule has 4 nitrogen and oxygen atoms in total. The highest BCUT2D eigenvalue weighted by molar-refractivity contribution is 14.1. The normalized spacial score (nSPS) is 21.7. The molecule has 0 atom stereocenters. The molecule has 0 aliphatic carbocycles. The Balaban J connectivity index is 2.58. The Bertz CT molecular complexity index is 271. The average molecular weight is 332 g/mol. The van der Waals surface area contributed by atoms with Gasteiger partial charge >= 0.3 is 0 Å². The molecule has 0 aromatic carbocycles. The van der Waals surface area contributed by atoms with Gasteiger partial charge in [-0.2, -0.15) is 4.31 Å². The molecular weight excluding hydrogens is 315 g/mol. The van der Waals surface area contributed by atoms with E-state index < -0.39 is 10.0 Å². The number of alkyl halides is 1. The molecule has 1 aliphatic heterocycles. The molecule has 0 unspecified atom stereocenters. The lowest BCUT2D eigenvalue weighted by Gasteiger charge is -2.33. The van der Waals surface area contributed by atoms with E-state index in [4.69, 9.17) is 0 Å². The Labute approximate surface area is 99.8 Å². The molecule has 0 amide bonds. The van der Waals surface area contributed by atoms with Crippen molar-refractivity contribution in [3.05, 3.63) is 0 Å². The lowest BCUT2D eigenvalue weighted by molar-refractivity contribution is 0.218. The molecule has 0 aromatic rings. The maximum Gasteiger partial charge on any atom is 0.216 e. The van der Waals surface area contributed by atoms with Gasteiger partial charge in [0.05, 0.1) is 9.80 Å². The lowest BCUT2D eigenvalue weighted by Crippen LogP contribution is -2.49. The zero-order chi connectivity index (χ0) is 10.8. The predicted octanol–water partition coefficient (Wildman–Crippen LogP) is 0.735. The lowest BCUT2D eigenvalue weighted by atomic mass is 10.4. The molecular formula is C8H17IN2O2S. The molecule has 1 saturated heterocycles. The smallest absolute Gasteiger partial charge is 0.216 e. The first-order chi connectivity index (χ1) is 6.48. The van der Waals surface area contributed by atoms with Crippen molar-refractivity contribution in [2.24, 2.45) is 0 Å². The number of hydrogen-bond donors (Lipinski definition) is 0. The Morgan fingerprint density at radius 1 is 1.21 bits per heavy atom. The molecule has 1 rings (SSSR count). The molecule has 0 radical (unpaired) electrons. The van der Waals surface area contributed by atoms with Gasteiger partial charge in [0.25, 0.3) is 0 Å². The first-order valence-corrected chi connectivity index (χ1v) is 7.78. The molecule has 0 aromatic heterocycles. The van der Waals surface area contributed by atoms with Crippen LogP contribution in [-0.4, -0.2) is 53.6 Å². The largest absolute Gasteiger partial charge is 0.292 e. The van der Waals surface area contributed by atoms with E-state index in [-0.39, 0.29) is 5.25 Å². The van der Waals surface area contributed by atoms with Gasteiger partial charge in [0.2, 0.25) is 10.0 Å². The minimum atomic E-state index is -3.03. The third kappa shape index (κ3) is 2.80. The Hall–Kier alpha value is 0.600. The predicted molar refractivity (Wildman–Crippen MR) is 66.1 cm³/mol. The molecule has 0 bridgehead atoms. The number of halogens is 1. The average Bonchev–Trinajstić information content (AvgIpc) is 2.17. The molecule has 14 heavy (non-hydrogen) atoms. The van der Waals surface area contributed by atoms with E-state index in [1.54, 1.807) is 18.2 Å². The molecule has 1 aliphatic rings. The van der Waals surface area contributed by atoms with Crippen LogP contribution in [0.5, 0.6) is 0 Å². The van der Waals surface area contributed by atoms with E-state index in [0.717, 1.165) is 17.6 Å². The summed E-state index contributed by atoms with van der Waals surface area (Å²) in [6, 6.07) is 0. The van der Waals surface area contributed by atoms with Gasteiger partial charge in [0.15, 0.2) is 0 Å². The van der Waals surface area contributed by atoms with Crippen molar-refractivity contribution >= 4 is 32.6 Å². The van der Waals surface area contributed by atoms with E-state index >= 15 is 0 Å². The van der Waals surface area contributed by atoms with Crippen LogP contribution in [0, 0.1) is 0 Å². The van der Waals surface area contributed by atoms with Crippen LogP contribution in [0.25, 0.3) is 0 Å². The molecule has 0 saturated carbocycles. The maximum atomic E-state index is 11.8. The molecule has 0 N–H and O–H groups in total. The fourth-order valence-electron chi connectivity index (χ4n) is 1.40. The van der Waals surface area contributed by atoms with Crippen molar-refractivity contribution in [3.63, 3.8) is 0 Å². The van der Waals surface area contributed by atoms with Crippen LogP contribution in [0.4, 0.5) is 0 Å². The SMILES string of the molecule is CC(C)S(=O)(=O)N1CCN(CI)CC1. The van der Waals surface area contributed by atoms with Crippen LogP contribution < -0.4 is 0 Å². The first-order valence-electron chi connectivity index (χ1n) is 4.75. The van der Waals surface area contributed by atoms with Crippen LogP contribution in [0.3, 0.4) is 0 Å². The topological polar surface area (TPSA) is 40.6 Å². The van der Waals surface area contributed by atoms with Crippen molar-refractivity contribution in [2.45, 2.75) is 19.1 Å². The maximum absolute atomic E-state index is 11.8. The van der Waals surface area contributed by atoms with Crippen LogP contribution in [0.2, 0.25) is 0 Å². The monoisotopic (exact) mass is 332 g/mol. The van der Waals surface area contributed by atoms with Crippen LogP contribution in [0.15, 0.2) is 0 Å². The van der Waals surface area contributed by atoms with E-state index in [0.29, 0.717) is 13.1 Å². The zero-order valence-corrected chi connectivity index (χ0v) is 11.6. The minimum absolute atomic E-state index is 0.298. The summed E-state index contributed by atoms with van der Waals surface area (Å²) in [6.45, 7) is 6.47. The second-order valence-corrected chi connectivity index (χ2v) is 6.90. The van der Waals surface area contributed by atoms with Crippen molar-refractivity contribution in [3.8, 4) is 0 Å². The Morgan fingerprint density at radius 3 is 2.07 bits per heavy atom. The third-order valence-electron chi connectivity index (χ3n) is 2.46. The summed E-state index contributed by atoms with van der Waals surface area (Å²) in [5.74, 6) is 0. The van der Waals surface area contributed by atoms with Gasteiger partial charge in [0, 0.05) is 26.2 Å². The fraction of sp³-hybridized carbons (Fsp3) is 1.00. The number of nitrogens with zero attached hydrogens (tertiary/aromatic N) is 2. The fourth-order valence-corrected chi connectivity index (χ4v) is 3.35. The summed E-state index contributed by atoms with van der Waals surface area (Å²) in [6.07, 6.45) is 0. The van der Waals surface area contributed by atoms with Crippen molar-refractivity contribution in [1.29, 1.82) is 0 Å². The highest BCUT2D eigenvalue weighted by Crippen LogP contribution is 2.12. The van der Waals surface area contributed by atoms with E-state index in [2.05, 4.69) is 27.5 Å². The summed E-state index contributed by atoms with van der Waals surface area (Å²) >= 11 is 2.31. The standard InChI is InChI=1S/C8H17IN2O2S/c1-8(2)14(12,13)11-5-3-10(7-9)4-6-11/h8H,3-7H2,1-2H3. The summed E-state index contributed by atoms with van der Waals surface area (Å²) in [5, 5.41) is -0.298. The van der Waals surface area contributed by atoms with Gasteiger partial charge in [-0.3, -0.25) is 4.90 Å². The van der Waals surface area contributed by atoms with Crippen LogP contribution >= 0.6 is 22.6 Å². The summed E-state index contributed by atoms with van der Waals surface area (Å²) in [7, 11) is -3.03. The molecule has 84 valence electrons. The van der Waals surface area contributed by atoms with Crippen LogP contribution in [0.1, 0.15) is 13.8 Å². The van der Waals surface area contributed by atoms with Gasteiger partial charge < -0.3 is 0 Å². The quantitative estimate of drug-likeness (QED) is 0.435. The Morgan fingerprint density at radius 2 is 1.71 bits per heavy atom. The van der Waals surface area contributed by atoms with E-state index in [1.165, 1.54) is 0 Å². The van der Waals surface area contributed by atoms with Gasteiger partial charge in [-0.1, -0.05) is 22.6 Å². The van der Waals surface area contributed by atoms with Crippen LogP contribution in [-0.2, 0) is 10.0 Å². The number of piperazine rings is 1.